The van der Waals surface area contributed by atoms with Crippen molar-refractivity contribution in [1.29, 1.82) is 0 Å². The molecule has 146 valence electrons. The van der Waals surface area contributed by atoms with Crippen LogP contribution < -0.4 is 10.6 Å². The number of para-hydroxylation sites is 1. The summed E-state index contributed by atoms with van der Waals surface area (Å²) in [5, 5.41) is -0.355. The van der Waals surface area contributed by atoms with Crippen LogP contribution >= 0.6 is 11.8 Å². The van der Waals surface area contributed by atoms with Crippen molar-refractivity contribution in [3.63, 3.8) is 0 Å². The first-order valence-corrected chi connectivity index (χ1v) is 10.7. The predicted octanol–water partition coefficient (Wildman–Crippen LogP) is 1.74. The number of carbonyl (C=O) groups excluding carboxylic acids is 2. The van der Waals surface area contributed by atoms with Crippen LogP contribution in [-0.4, -0.2) is 41.1 Å². The molecule has 2 fully saturated rings. The Bertz CT molecular complexity index is 850. The van der Waals surface area contributed by atoms with Gasteiger partial charge in [-0.15, -0.1) is 11.8 Å². The summed E-state index contributed by atoms with van der Waals surface area (Å²) in [5.74, 6) is -0.0803. The number of imide groups is 1. The van der Waals surface area contributed by atoms with E-state index in [1.54, 1.807) is 4.90 Å². The third kappa shape index (κ3) is 4.08. The van der Waals surface area contributed by atoms with Gasteiger partial charge in [-0.05, 0) is 12.1 Å². The maximum Gasteiger partial charge on any atom is 0.243 e. The number of nitrogen functional groups attached to an aromatic ring is 1. The maximum absolute atomic E-state index is 12.9. The second-order valence-corrected chi connectivity index (χ2v) is 8.84. The maximum atomic E-state index is 12.9. The molecule has 6 heteroatoms. The standard InChI is InChI=1S/C22H25N3O2S/c23-18-8-4-5-9-19(18)28-20-14-21(26)25(22(20)27)17-10-12-24(13-11-17)15-16-6-2-1-3-7-16/h1-9,17,20H,10-15,23H2/p+1/t20-/m1/s1. The molecule has 2 saturated heterocycles. The van der Waals surface area contributed by atoms with Crippen molar-refractivity contribution in [3.05, 3.63) is 60.2 Å². The Balaban J connectivity index is 1.35. The molecule has 2 heterocycles. The van der Waals surface area contributed by atoms with Crippen molar-refractivity contribution in [2.75, 3.05) is 18.8 Å². The highest BCUT2D eigenvalue weighted by molar-refractivity contribution is 8.00. The SMILES string of the molecule is Nc1ccccc1S[C@@H]1CC(=O)N(C2CC[NH+](Cc3ccccc3)CC2)C1=O. The molecule has 0 aliphatic carbocycles. The fourth-order valence-electron chi connectivity index (χ4n) is 4.17. The molecular weight excluding hydrogens is 370 g/mol. The molecule has 5 nitrogen and oxygen atoms in total. The van der Waals surface area contributed by atoms with E-state index in [-0.39, 0.29) is 29.5 Å². The zero-order valence-electron chi connectivity index (χ0n) is 15.8. The van der Waals surface area contributed by atoms with Crippen LogP contribution in [0.5, 0.6) is 0 Å². The Hall–Kier alpha value is -2.31. The first-order chi connectivity index (χ1) is 13.6. The number of likely N-dealkylation sites (tertiary alicyclic amines) is 2. The first kappa shape index (κ1) is 19.0. The average molecular weight is 397 g/mol. The monoisotopic (exact) mass is 396 g/mol. The minimum Gasteiger partial charge on any atom is -0.398 e. The van der Waals surface area contributed by atoms with Crippen molar-refractivity contribution in [2.24, 2.45) is 0 Å². The zero-order chi connectivity index (χ0) is 19.5. The third-order valence-electron chi connectivity index (χ3n) is 5.65. The number of nitrogens with one attached hydrogen (secondary N) is 1. The molecule has 3 N–H and O–H groups in total. The summed E-state index contributed by atoms with van der Waals surface area (Å²) >= 11 is 1.42. The molecule has 2 aromatic carbocycles. The number of rotatable bonds is 5. The molecule has 0 aromatic heterocycles. The van der Waals surface area contributed by atoms with Gasteiger partial charge in [-0.25, -0.2) is 0 Å². The quantitative estimate of drug-likeness (QED) is 0.597. The summed E-state index contributed by atoms with van der Waals surface area (Å²) in [7, 11) is 0. The molecule has 28 heavy (non-hydrogen) atoms. The minimum atomic E-state index is -0.355. The van der Waals surface area contributed by atoms with Gasteiger partial charge in [0.25, 0.3) is 0 Å². The van der Waals surface area contributed by atoms with Gasteiger partial charge in [0.15, 0.2) is 0 Å². The number of piperidine rings is 1. The van der Waals surface area contributed by atoms with Crippen LogP contribution in [0.2, 0.25) is 0 Å². The Labute approximate surface area is 169 Å². The number of quaternary nitrogens is 1. The summed E-state index contributed by atoms with van der Waals surface area (Å²) in [6.07, 6.45) is 2.03. The predicted molar refractivity (Wildman–Crippen MR) is 111 cm³/mol. The summed E-state index contributed by atoms with van der Waals surface area (Å²) in [5.41, 5.74) is 7.99. The second kappa shape index (κ2) is 8.37. The number of amides is 2. The topological polar surface area (TPSA) is 67.8 Å². The number of hydrogen-bond donors (Lipinski definition) is 2. The van der Waals surface area contributed by atoms with Crippen molar-refractivity contribution < 1.29 is 14.5 Å². The Morgan fingerprint density at radius 2 is 1.68 bits per heavy atom. The Kier molecular flexibility index (Phi) is 5.69. The molecule has 2 aromatic rings. The average Bonchev–Trinajstić information content (AvgIpc) is 2.98. The molecule has 0 radical (unpaired) electrons. The molecule has 2 amide bonds. The molecular formula is C22H26N3O2S+. The molecule has 0 bridgehead atoms. The number of hydrogen-bond acceptors (Lipinski definition) is 4. The van der Waals surface area contributed by atoms with Gasteiger partial charge >= 0.3 is 0 Å². The summed E-state index contributed by atoms with van der Waals surface area (Å²) in [4.78, 5) is 29.5. The Morgan fingerprint density at radius 3 is 2.39 bits per heavy atom. The third-order valence-corrected chi connectivity index (χ3v) is 6.93. The van der Waals surface area contributed by atoms with Crippen LogP contribution in [0.1, 0.15) is 24.8 Å². The summed E-state index contributed by atoms with van der Waals surface area (Å²) in [6.45, 7) is 2.97. The lowest BCUT2D eigenvalue weighted by molar-refractivity contribution is -0.919. The number of carbonyl (C=O) groups is 2. The van der Waals surface area contributed by atoms with Crippen molar-refractivity contribution in [2.45, 2.75) is 42.0 Å². The van der Waals surface area contributed by atoms with Gasteiger partial charge < -0.3 is 10.6 Å². The van der Waals surface area contributed by atoms with Gasteiger partial charge in [-0.2, -0.15) is 0 Å². The lowest BCUT2D eigenvalue weighted by Gasteiger charge is -2.33. The van der Waals surface area contributed by atoms with E-state index in [4.69, 9.17) is 5.73 Å². The van der Waals surface area contributed by atoms with E-state index in [1.165, 1.54) is 22.2 Å². The van der Waals surface area contributed by atoms with Crippen LogP contribution in [0.25, 0.3) is 0 Å². The van der Waals surface area contributed by atoms with Crippen LogP contribution in [-0.2, 0) is 16.1 Å². The van der Waals surface area contributed by atoms with Crippen molar-refractivity contribution in [3.8, 4) is 0 Å². The largest absolute Gasteiger partial charge is 0.398 e. The van der Waals surface area contributed by atoms with Crippen molar-refractivity contribution >= 4 is 29.3 Å². The van der Waals surface area contributed by atoms with E-state index >= 15 is 0 Å². The molecule has 2 aliphatic heterocycles. The van der Waals surface area contributed by atoms with Gasteiger partial charge in [-0.1, -0.05) is 42.5 Å². The number of anilines is 1. The van der Waals surface area contributed by atoms with Gasteiger partial charge in [0.05, 0.1) is 24.4 Å². The number of nitrogens with two attached hydrogens (primary N) is 1. The lowest BCUT2D eigenvalue weighted by Crippen LogP contribution is -3.12. The van der Waals surface area contributed by atoms with Crippen LogP contribution in [0.3, 0.4) is 0 Å². The van der Waals surface area contributed by atoms with E-state index in [9.17, 15) is 9.59 Å². The van der Waals surface area contributed by atoms with E-state index in [0.29, 0.717) is 5.69 Å². The molecule has 1 atom stereocenters. The molecule has 2 aliphatic rings. The number of benzene rings is 2. The first-order valence-electron chi connectivity index (χ1n) is 9.86. The van der Waals surface area contributed by atoms with Gasteiger partial charge in [0, 0.05) is 35.4 Å². The van der Waals surface area contributed by atoms with Crippen LogP contribution in [0, 0.1) is 0 Å². The van der Waals surface area contributed by atoms with Gasteiger partial charge in [0.2, 0.25) is 11.8 Å². The van der Waals surface area contributed by atoms with Crippen LogP contribution in [0.4, 0.5) is 5.69 Å². The van der Waals surface area contributed by atoms with E-state index in [1.807, 2.05) is 30.3 Å². The van der Waals surface area contributed by atoms with E-state index in [0.717, 1.165) is 37.4 Å². The fourth-order valence-corrected chi connectivity index (χ4v) is 5.28. The smallest absolute Gasteiger partial charge is 0.243 e. The summed E-state index contributed by atoms with van der Waals surface area (Å²) < 4.78 is 0. The fraction of sp³-hybridized carbons (Fsp3) is 0.364. The molecule has 4 rings (SSSR count). The highest BCUT2D eigenvalue weighted by Gasteiger charge is 2.44. The molecule has 0 spiro atoms. The molecule has 0 saturated carbocycles. The highest BCUT2D eigenvalue weighted by Crippen LogP contribution is 2.35. The van der Waals surface area contributed by atoms with Crippen molar-refractivity contribution in [1.82, 2.24) is 4.90 Å². The number of nitrogens with zero attached hydrogens (tertiary/aromatic N) is 1. The minimum absolute atomic E-state index is 0.0338. The summed E-state index contributed by atoms with van der Waals surface area (Å²) in [6, 6.07) is 18.0. The highest BCUT2D eigenvalue weighted by atomic mass is 32.2. The van der Waals surface area contributed by atoms with E-state index in [2.05, 4.69) is 24.3 Å². The Morgan fingerprint density at radius 1 is 1.00 bits per heavy atom. The van der Waals surface area contributed by atoms with Gasteiger partial charge in [-0.3, -0.25) is 14.5 Å². The molecule has 0 unspecified atom stereocenters. The second-order valence-electron chi connectivity index (χ2n) is 7.59. The number of thioether (sulfide) groups is 1. The van der Waals surface area contributed by atoms with E-state index < -0.39 is 0 Å². The lowest BCUT2D eigenvalue weighted by atomic mass is 10.0. The van der Waals surface area contributed by atoms with Gasteiger partial charge in [0.1, 0.15) is 6.54 Å². The van der Waals surface area contributed by atoms with Crippen LogP contribution in [0.15, 0.2) is 59.5 Å². The zero-order valence-corrected chi connectivity index (χ0v) is 16.7. The normalized spacial score (nSPS) is 25.3.